The van der Waals surface area contributed by atoms with Gasteiger partial charge in [-0.15, -0.1) is 0 Å². The van der Waals surface area contributed by atoms with E-state index in [4.69, 9.17) is 42.6 Å². The topological polar surface area (TPSA) is 573 Å². The van der Waals surface area contributed by atoms with Gasteiger partial charge in [0.05, 0.1) is 84.9 Å². The smallest absolute Gasteiger partial charge is 0.222 e. The second kappa shape index (κ2) is 66.5. The van der Waals surface area contributed by atoms with Gasteiger partial charge < -0.3 is 147 Å². The molecule has 1 fully saturated rings. The van der Waals surface area contributed by atoms with Crippen LogP contribution >= 0.6 is 0 Å². The molecular formula is C76H140N10O29. The second-order valence-corrected chi connectivity index (χ2v) is 28.8. The molecule has 13 atom stereocenters. The lowest BCUT2D eigenvalue weighted by atomic mass is 9.97. The summed E-state index contributed by atoms with van der Waals surface area (Å²) >= 11 is 0. The first kappa shape index (κ1) is 107. The fourth-order valence-electron chi connectivity index (χ4n) is 11.5. The number of carbonyl (C=O) groups excluding carboxylic acids is 11. The zero-order valence-corrected chi connectivity index (χ0v) is 68.5. The predicted octanol–water partition coefficient (Wildman–Crippen LogP) is -2.91. The van der Waals surface area contributed by atoms with Crippen LogP contribution in [0.3, 0.4) is 0 Å². The van der Waals surface area contributed by atoms with E-state index in [0.717, 1.165) is 44.9 Å². The van der Waals surface area contributed by atoms with E-state index in [1.165, 1.54) is 34.6 Å². The molecule has 668 valence electrons. The zero-order chi connectivity index (χ0) is 85.6. The molecule has 0 radical (unpaired) electrons. The Hall–Kier alpha value is -6.35. The number of unbranched alkanes of at least 4 members (excludes halogenated alkanes) is 10. The van der Waals surface area contributed by atoms with Crippen LogP contribution in [0, 0.1) is 0 Å². The van der Waals surface area contributed by atoms with E-state index in [2.05, 4.69) is 53.2 Å². The van der Waals surface area contributed by atoms with Crippen LogP contribution in [0.2, 0.25) is 0 Å². The molecule has 0 bridgehead atoms. The van der Waals surface area contributed by atoms with Crippen LogP contribution in [-0.4, -0.2) is 328 Å². The summed E-state index contributed by atoms with van der Waals surface area (Å²) in [6.07, 6.45) is -0.553. The molecular weight excluding hydrogens is 1520 g/mol. The second-order valence-electron chi connectivity index (χ2n) is 28.8. The van der Waals surface area contributed by atoms with Crippen molar-refractivity contribution >= 4 is 64.9 Å². The van der Waals surface area contributed by atoms with Crippen molar-refractivity contribution in [1.82, 2.24) is 53.2 Å². The van der Waals surface area contributed by atoms with Crippen LogP contribution in [0.4, 0.5) is 0 Å². The van der Waals surface area contributed by atoms with Gasteiger partial charge in [-0.3, -0.25) is 47.9 Å². The largest absolute Gasteiger partial charge is 0.394 e. The van der Waals surface area contributed by atoms with E-state index in [1.54, 1.807) is 6.92 Å². The van der Waals surface area contributed by atoms with E-state index in [1.807, 2.05) is 0 Å². The Morgan fingerprint density at radius 2 is 0.730 bits per heavy atom. The summed E-state index contributed by atoms with van der Waals surface area (Å²) in [5.74, 6) is -3.46. The molecule has 10 amide bonds. The Morgan fingerprint density at radius 3 is 1.06 bits per heavy atom. The van der Waals surface area contributed by atoms with Crippen LogP contribution in [0.1, 0.15) is 202 Å². The lowest BCUT2D eigenvalue weighted by molar-refractivity contribution is -0.270. The SMILES string of the molecule is CC(=O)CCCCCCCCCCC(=O)NC(COCCC(=O)NCCCNC(=O)CCCCOC1OC(CO)C(O)C(O)C1NC(C)=O)(COCCC(=O)NCCCNC(=O)CCCCOC(OC(CO)[C@H](C)O)[C@H](CO)NC(C)=O)COCCC(=O)NCCCNC(=O)CCCCOC(OC(CO)[C@H](C)O)[C@H](CO)NC(C)=O. The van der Waals surface area contributed by atoms with Crippen molar-refractivity contribution < 1.29 is 141 Å². The number of ether oxygens (including phenoxy) is 9. The third-order valence-electron chi connectivity index (χ3n) is 18.0. The van der Waals surface area contributed by atoms with Crippen LogP contribution < -0.4 is 53.2 Å². The van der Waals surface area contributed by atoms with Gasteiger partial charge in [0, 0.05) is 131 Å². The Bertz CT molecular complexity index is 2600. The highest BCUT2D eigenvalue weighted by atomic mass is 16.7. The summed E-state index contributed by atoms with van der Waals surface area (Å²) in [5, 5.41) is 117. The minimum Gasteiger partial charge on any atom is -0.394 e. The summed E-state index contributed by atoms with van der Waals surface area (Å²) in [7, 11) is 0. The number of carbonyl (C=O) groups is 11. The monoisotopic (exact) mass is 1660 g/mol. The van der Waals surface area contributed by atoms with E-state index in [0.29, 0.717) is 70.6 Å². The molecule has 0 saturated carbocycles. The molecule has 1 saturated heterocycles. The number of ketones is 1. The molecule has 1 aliphatic heterocycles. The molecule has 0 spiro atoms. The van der Waals surface area contributed by atoms with Gasteiger partial charge in [0.1, 0.15) is 60.0 Å². The molecule has 0 aromatic heterocycles. The maximum absolute atomic E-state index is 13.9. The first-order valence-electron chi connectivity index (χ1n) is 40.6. The predicted molar refractivity (Wildman–Crippen MR) is 415 cm³/mol. The molecule has 1 aliphatic rings. The standard InChI is InChI=1S/C76H140N10O29/c1-52(92)24-13-11-9-7-8-10-12-14-28-69(104)86-76(49-107-41-29-66(101)80-35-21-32-77-63(98)25-15-18-38-110-73(58(44-87)83-55(4)95)113-60(46-89)53(2)93,50-108-42-30-67(102)81-36-22-33-78-64(99)26-16-19-39-111-74(59(45-88)84-56(5)96)114-61(47-90)54(3)94)51-109-43-31-68(103)82-37-23-34-79-65(100)27-17-20-40-112-75-70(85-57(6)97)72(106)71(105)62(48-91)115-75/h53-54,58-62,70-75,87-91,93-94,105-106H,7-51H2,1-6H3,(H,77,98)(H,78,99)(H,79,100)(H,80,101)(H,81,102)(H,82,103)(H,83,95)(H,84,96)(H,85,97)(H,86,104)/t53-,54-,58-,59-,60?,61?,62?,70?,71?,72?,73?,74?,75?,76?/m0/s1. The van der Waals surface area contributed by atoms with Crippen molar-refractivity contribution in [2.75, 3.05) is 132 Å². The highest BCUT2D eigenvalue weighted by Gasteiger charge is 2.45. The molecule has 0 aromatic rings. The number of hydrogen-bond donors (Lipinski definition) is 19. The van der Waals surface area contributed by atoms with Gasteiger partial charge in [-0.2, -0.15) is 0 Å². The van der Waals surface area contributed by atoms with Crippen LogP contribution in [0.25, 0.3) is 0 Å². The number of Topliss-reactive ketones (excluding diaryl/α,β-unsaturated/α-hetero) is 1. The Morgan fingerprint density at radius 1 is 0.391 bits per heavy atom. The molecule has 1 rings (SSSR count). The lowest BCUT2D eigenvalue weighted by Gasteiger charge is -2.42. The minimum absolute atomic E-state index is 0.0626. The van der Waals surface area contributed by atoms with Gasteiger partial charge >= 0.3 is 0 Å². The molecule has 0 aliphatic carbocycles. The van der Waals surface area contributed by atoms with Gasteiger partial charge in [0.15, 0.2) is 18.9 Å². The van der Waals surface area contributed by atoms with Crippen LogP contribution in [-0.2, 0) is 95.4 Å². The molecule has 39 heteroatoms. The summed E-state index contributed by atoms with van der Waals surface area (Å²) in [4.78, 5) is 138. The quantitative estimate of drug-likeness (QED) is 0.0214. The van der Waals surface area contributed by atoms with Crippen molar-refractivity contribution in [3.63, 3.8) is 0 Å². The number of hydrogen-bond acceptors (Lipinski definition) is 29. The van der Waals surface area contributed by atoms with Gasteiger partial charge in [-0.05, 0) is 91.4 Å². The van der Waals surface area contributed by atoms with E-state index in [-0.39, 0.29) is 191 Å². The van der Waals surface area contributed by atoms with E-state index >= 15 is 0 Å². The Labute approximate surface area is 676 Å². The average molecular weight is 1660 g/mol. The average Bonchev–Trinajstić information content (AvgIpc) is 0.811. The highest BCUT2D eigenvalue weighted by Crippen LogP contribution is 2.23. The Balaban J connectivity index is 3.03. The highest BCUT2D eigenvalue weighted by molar-refractivity contribution is 5.79. The molecule has 0 aromatic carbocycles. The summed E-state index contributed by atoms with van der Waals surface area (Å²) < 4.78 is 52.4. The lowest BCUT2D eigenvalue weighted by Crippen LogP contribution is -2.64. The van der Waals surface area contributed by atoms with Crippen molar-refractivity contribution in [2.24, 2.45) is 0 Å². The van der Waals surface area contributed by atoms with Gasteiger partial charge in [0.2, 0.25) is 59.1 Å². The summed E-state index contributed by atoms with van der Waals surface area (Å²) in [5.41, 5.74) is -1.41. The number of amides is 10. The van der Waals surface area contributed by atoms with Crippen LogP contribution in [0.5, 0.6) is 0 Å². The van der Waals surface area contributed by atoms with Gasteiger partial charge in [0.25, 0.3) is 0 Å². The molecule has 9 unspecified atom stereocenters. The maximum atomic E-state index is 13.9. The first-order chi connectivity index (χ1) is 55.0. The van der Waals surface area contributed by atoms with Crippen molar-refractivity contribution in [2.45, 2.75) is 287 Å². The van der Waals surface area contributed by atoms with E-state index in [9.17, 15) is 98.7 Å². The van der Waals surface area contributed by atoms with E-state index < -0.39 is 136 Å². The fourth-order valence-corrected chi connectivity index (χ4v) is 11.5. The number of nitrogens with one attached hydrogen (secondary N) is 10. The van der Waals surface area contributed by atoms with Crippen molar-refractivity contribution in [3.05, 3.63) is 0 Å². The van der Waals surface area contributed by atoms with Gasteiger partial charge in [-0.1, -0.05) is 38.5 Å². The van der Waals surface area contributed by atoms with Gasteiger partial charge in [-0.25, -0.2) is 0 Å². The van der Waals surface area contributed by atoms with Crippen LogP contribution in [0.15, 0.2) is 0 Å². The number of rotatable bonds is 73. The normalized spacial score (nSPS) is 18.0. The summed E-state index contributed by atoms with van der Waals surface area (Å²) in [6.45, 7) is 5.84. The third kappa shape index (κ3) is 53.7. The summed E-state index contributed by atoms with van der Waals surface area (Å²) in [6, 6.07) is -3.08. The maximum Gasteiger partial charge on any atom is 0.222 e. The third-order valence-corrected chi connectivity index (χ3v) is 18.0. The van der Waals surface area contributed by atoms with Crippen molar-refractivity contribution in [1.29, 1.82) is 0 Å². The number of aliphatic hydroxyl groups excluding tert-OH is 9. The molecule has 1 heterocycles. The Kier molecular flexibility index (Phi) is 61.7. The first-order valence-corrected chi connectivity index (χ1v) is 40.6. The zero-order valence-electron chi connectivity index (χ0n) is 68.5. The molecule has 19 N–H and O–H groups in total. The minimum atomic E-state index is -1.46. The molecule has 115 heavy (non-hydrogen) atoms. The fraction of sp³-hybridized carbons (Fsp3) is 0.855. The molecule has 39 nitrogen and oxygen atoms in total. The number of aliphatic hydroxyl groups is 9. The van der Waals surface area contributed by atoms with Crippen molar-refractivity contribution in [3.8, 4) is 0 Å².